The smallest absolute Gasteiger partial charge is 0.235 e. The summed E-state index contributed by atoms with van der Waals surface area (Å²) in [6.45, 7) is 2.46. The largest absolute Gasteiger partial charge is 0.379 e. The van der Waals surface area contributed by atoms with Crippen LogP contribution < -0.4 is 11.1 Å². The third kappa shape index (κ3) is 2.38. The normalized spacial score (nSPS) is 28.1. The van der Waals surface area contributed by atoms with E-state index in [0.717, 1.165) is 0 Å². The van der Waals surface area contributed by atoms with Gasteiger partial charge in [0.05, 0.1) is 18.6 Å². The maximum absolute atomic E-state index is 12.1. The molecule has 1 aromatic heterocycles. The molecule has 1 amide bonds. The van der Waals surface area contributed by atoms with Crippen LogP contribution in [-0.2, 0) is 9.53 Å². The predicted octanol–water partition coefficient (Wildman–Crippen LogP) is 0.432. The topological polar surface area (TPSA) is 90.1 Å². The number of nitrogens with one attached hydrogen (secondary N) is 1. The van der Waals surface area contributed by atoms with E-state index >= 15 is 0 Å². The fourth-order valence-corrected chi connectivity index (χ4v) is 1.67. The van der Waals surface area contributed by atoms with Crippen LogP contribution in [0.2, 0.25) is 5.15 Å². The maximum Gasteiger partial charge on any atom is 0.235 e. The van der Waals surface area contributed by atoms with Gasteiger partial charge in [-0.2, -0.15) is 0 Å². The number of ether oxygens (including phenoxy) is 1. The summed E-state index contributed by atoms with van der Waals surface area (Å²) in [4.78, 5) is 12.1. The third-order valence-electron chi connectivity index (χ3n) is 2.91. The molecule has 0 spiro atoms. The molecule has 0 saturated carbocycles. The Morgan fingerprint density at radius 3 is 2.94 bits per heavy atom. The van der Waals surface area contributed by atoms with Gasteiger partial charge in [0, 0.05) is 6.04 Å². The van der Waals surface area contributed by atoms with Crippen molar-refractivity contribution >= 4 is 23.3 Å². The molecule has 0 aliphatic carbocycles. The van der Waals surface area contributed by atoms with Gasteiger partial charge in [0.1, 0.15) is 0 Å². The highest BCUT2D eigenvalue weighted by atomic mass is 35.5. The zero-order chi connectivity index (χ0) is 12.5. The summed E-state index contributed by atoms with van der Waals surface area (Å²) < 4.78 is 5.21. The average Bonchev–Trinajstić information content (AvgIpc) is 2.64. The lowest BCUT2D eigenvalue weighted by Crippen LogP contribution is -2.47. The van der Waals surface area contributed by atoms with Crippen LogP contribution in [0.1, 0.15) is 6.92 Å². The van der Waals surface area contributed by atoms with Crippen molar-refractivity contribution in [3.05, 3.63) is 17.3 Å². The Balaban J connectivity index is 2.09. The second kappa shape index (κ2) is 4.56. The summed E-state index contributed by atoms with van der Waals surface area (Å²) in [5, 5.41) is 10.3. The van der Waals surface area contributed by atoms with E-state index < -0.39 is 5.41 Å². The molecule has 1 aromatic rings. The number of rotatable bonds is 2. The molecule has 1 aliphatic rings. The molecule has 1 aliphatic heterocycles. The first-order valence-corrected chi connectivity index (χ1v) is 5.54. The van der Waals surface area contributed by atoms with Crippen molar-refractivity contribution in [3.63, 3.8) is 0 Å². The summed E-state index contributed by atoms with van der Waals surface area (Å²) in [7, 11) is 0. The van der Waals surface area contributed by atoms with E-state index in [0.29, 0.717) is 19.0 Å². The van der Waals surface area contributed by atoms with Crippen molar-refractivity contribution in [1.29, 1.82) is 0 Å². The fourth-order valence-electron chi connectivity index (χ4n) is 1.56. The quantitative estimate of drug-likeness (QED) is 0.801. The van der Waals surface area contributed by atoms with Gasteiger partial charge in [-0.25, -0.2) is 0 Å². The molecule has 7 heteroatoms. The molecule has 0 bridgehead atoms. The van der Waals surface area contributed by atoms with E-state index in [1.54, 1.807) is 19.1 Å². The SMILES string of the molecule is CC1(C(=O)Nc2ccc(Cl)nn2)COCC1N. The van der Waals surface area contributed by atoms with E-state index in [9.17, 15) is 4.79 Å². The number of hydrogen-bond donors (Lipinski definition) is 2. The van der Waals surface area contributed by atoms with Gasteiger partial charge in [0.15, 0.2) is 11.0 Å². The van der Waals surface area contributed by atoms with Gasteiger partial charge in [-0.1, -0.05) is 11.6 Å². The summed E-state index contributed by atoms with van der Waals surface area (Å²) in [6, 6.07) is 2.82. The lowest BCUT2D eigenvalue weighted by molar-refractivity contribution is -0.125. The monoisotopic (exact) mass is 256 g/mol. The number of halogens is 1. The van der Waals surface area contributed by atoms with Crippen LogP contribution >= 0.6 is 11.6 Å². The number of anilines is 1. The summed E-state index contributed by atoms with van der Waals surface area (Å²) in [5.74, 6) is 0.124. The number of carbonyl (C=O) groups is 1. The number of nitrogens with zero attached hydrogens (tertiary/aromatic N) is 2. The summed E-state index contributed by atoms with van der Waals surface area (Å²) >= 11 is 5.60. The van der Waals surface area contributed by atoms with Crippen molar-refractivity contribution in [2.45, 2.75) is 13.0 Å². The van der Waals surface area contributed by atoms with Crippen LogP contribution in [-0.4, -0.2) is 35.4 Å². The van der Waals surface area contributed by atoms with E-state index in [-0.39, 0.29) is 17.1 Å². The van der Waals surface area contributed by atoms with Crippen LogP contribution in [0.3, 0.4) is 0 Å². The molecule has 2 atom stereocenters. The van der Waals surface area contributed by atoms with Gasteiger partial charge in [-0.3, -0.25) is 4.79 Å². The van der Waals surface area contributed by atoms with Gasteiger partial charge in [0.25, 0.3) is 0 Å². The number of hydrogen-bond acceptors (Lipinski definition) is 5. The third-order valence-corrected chi connectivity index (χ3v) is 3.11. The van der Waals surface area contributed by atoms with Crippen molar-refractivity contribution in [3.8, 4) is 0 Å². The molecule has 0 radical (unpaired) electrons. The Bertz CT molecular complexity index is 425. The molecule has 1 saturated heterocycles. The van der Waals surface area contributed by atoms with Crippen molar-refractivity contribution in [1.82, 2.24) is 10.2 Å². The molecule has 3 N–H and O–H groups in total. The molecule has 17 heavy (non-hydrogen) atoms. The first kappa shape index (κ1) is 12.2. The highest BCUT2D eigenvalue weighted by Crippen LogP contribution is 2.28. The summed E-state index contributed by atoms with van der Waals surface area (Å²) in [5.41, 5.74) is 5.11. The Hall–Kier alpha value is -1.24. The number of carbonyl (C=O) groups excluding carboxylic acids is 1. The highest BCUT2D eigenvalue weighted by molar-refractivity contribution is 6.29. The van der Waals surface area contributed by atoms with Crippen molar-refractivity contribution in [2.75, 3.05) is 18.5 Å². The predicted molar refractivity (Wildman–Crippen MR) is 62.6 cm³/mol. The molecule has 92 valence electrons. The average molecular weight is 257 g/mol. The lowest BCUT2D eigenvalue weighted by atomic mass is 9.85. The Morgan fingerprint density at radius 1 is 1.65 bits per heavy atom. The van der Waals surface area contributed by atoms with Crippen molar-refractivity contribution in [2.24, 2.45) is 11.1 Å². The molecular weight excluding hydrogens is 244 g/mol. The molecule has 0 aromatic carbocycles. The van der Waals surface area contributed by atoms with Crippen LogP contribution in [0.25, 0.3) is 0 Å². The molecule has 2 rings (SSSR count). The molecule has 2 heterocycles. The minimum Gasteiger partial charge on any atom is -0.379 e. The second-order valence-electron chi connectivity index (χ2n) is 4.23. The van der Waals surface area contributed by atoms with Gasteiger partial charge in [-0.05, 0) is 19.1 Å². The van der Waals surface area contributed by atoms with Gasteiger partial charge < -0.3 is 15.8 Å². The van der Waals surface area contributed by atoms with E-state index in [1.807, 2.05) is 0 Å². The minimum absolute atomic E-state index is 0.223. The van der Waals surface area contributed by atoms with Crippen LogP contribution in [0.5, 0.6) is 0 Å². The van der Waals surface area contributed by atoms with Crippen LogP contribution in [0, 0.1) is 5.41 Å². The number of aromatic nitrogens is 2. The van der Waals surface area contributed by atoms with E-state index in [1.165, 1.54) is 0 Å². The highest BCUT2D eigenvalue weighted by Gasteiger charge is 2.44. The van der Waals surface area contributed by atoms with Crippen LogP contribution in [0.4, 0.5) is 5.82 Å². The van der Waals surface area contributed by atoms with Gasteiger partial charge in [0.2, 0.25) is 5.91 Å². The molecule has 2 unspecified atom stereocenters. The Morgan fingerprint density at radius 2 is 2.41 bits per heavy atom. The fraction of sp³-hybridized carbons (Fsp3) is 0.500. The molecular formula is C10H13ClN4O2. The van der Waals surface area contributed by atoms with Gasteiger partial charge >= 0.3 is 0 Å². The first-order valence-electron chi connectivity index (χ1n) is 5.16. The first-order chi connectivity index (χ1) is 8.02. The van der Waals surface area contributed by atoms with Crippen molar-refractivity contribution < 1.29 is 9.53 Å². The zero-order valence-electron chi connectivity index (χ0n) is 9.31. The zero-order valence-corrected chi connectivity index (χ0v) is 10.1. The van der Waals surface area contributed by atoms with Crippen LogP contribution in [0.15, 0.2) is 12.1 Å². The number of amides is 1. The number of nitrogens with two attached hydrogens (primary N) is 1. The second-order valence-corrected chi connectivity index (χ2v) is 4.62. The Labute approximate surface area is 103 Å². The minimum atomic E-state index is -0.735. The maximum atomic E-state index is 12.1. The summed E-state index contributed by atoms with van der Waals surface area (Å²) in [6.07, 6.45) is 0. The standard InChI is InChI=1S/C10H13ClN4O2/c1-10(5-17-4-6(10)12)9(16)13-8-3-2-7(11)14-15-8/h2-3,6H,4-5,12H2,1H3,(H,13,15,16). The Kier molecular flexibility index (Phi) is 3.28. The van der Waals surface area contributed by atoms with Gasteiger partial charge in [-0.15, -0.1) is 10.2 Å². The van der Waals surface area contributed by atoms with E-state index in [2.05, 4.69) is 15.5 Å². The lowest BCUT2D eigenvalue weighted by Gasteiger charge is -2.24. The molecule has 1 fully saturated rings. The van der Waals surface area contributed by atoms with E-state index in [4.69, 9.17) is 22.1 Å². The molecule has 6 nitrogen and oxygen atoms in total.